The Morgan fingerprint density at radius 2 is 1.75 bits per heavy atom. The van der Waals surface area contributed by atoms with Crippen LogP contribution in [0.5, 0.6) is 0 Å². The summed E-state index contributed by atoms with van der Waals surface area (Å²) in [6.45, 7) is 11.7. The molecule has 3 saturated heterocycles. The molecule has 3 heterocycles. The SMILES string of the molecule is CC(C)(C)OC(=O)NCCC(CC1[NH2+][B-]2(OC1=O)C1CCCC2CCC1)SSC(C)(C)C. The molecule has 0 aromatic heterocycles. The third kappa shape index (κ3) is 6.98. The molecule has 3 fully saturated rings. The summed E-state index contributed by atoms with van der Waals surface area (Å²) in [5.41, 5.74) is -0.503. The fourth-order valence-corrected chi connectivity index (χ4v) is 8.52. The van der Waals surface area contributed by atoms with Crippen molar-refractivity contribution < 1.29 is 24.2 Å². The largest absolute Gasteiger partial charge is 0.634 e. The number of alkyl carbamates (subject to hydrolysis) is 1. The van der Waals surface area contributed by atoms with Gasteiger partial charge in [0.25, 0.3) is 0 Å². The first-order chi connectivity index (χ1) is 14.9. The molecule has 184 valence electrons. The van der Waals surface area contributed by atoms with Crippen LogP contribution in [0, 0.1) is 0 Å². The van der Waals surface area contributed by atoms with E-state index < -0.39 is 12.1 Å². The van der Waals surface area contributed by atoms with Crippen LogP contribution in [-0.4, -0.2) is 46.7 Å². The highest BCUT2D eigenvalue weighted by Gasteiger charge is 2.59. The second-order valence-corrected chi connectivity index (χ2v) is 15.3. The van der Waals surface area contributed by atoms with Crippen LogP contribution in [-0.2, 0) is 14.2 Å². The normalized spacial score (nSPS) is 31.3. The molecule has 9 heteroatoms. The molecule has 32 heavy (non-hydrogen) atoms. The molecular weight excluding hydrogens is 443 g/mol. The number of carbonyl (C=O) groups excluding carboxylic acids is 2. The highest BCUT2D eigenvalue weighted by molar-refractivity contribution is 8.77. The van der Waals surface area contributed by atoms with E-state index in [1.807, 2.05) is 42.4 Å². The lowest BCUT2D eigenvalue weighted by Crippen LogP contribution is -3.04. The Morgan fingerprint density at radius 1 is 1.16 bits per heavy atom. The number of nitrogens with two attached hydrogens (primary N) is 1. The number of hydrogen-bond donors (Lipinski definition) is 2. The second-order valence-electron chi connectivity index (χ2n) is 12.0. The maximum Gasteiger partial charge on any atom is 0.407 e. The zero-order valence-corrected chi connectivity index (χ0v) is 22.4. The maximum absolute atomic E-state index is 13.0. The van der Waals surface area contributed by atoms with Crippen molar-refractivity contribution >= 4 is 40.1 Å². The average molecular weight is 487 g/mol. The van der Waals surface area contributed by atoms with E-state index in [1.54, 1.807) is 0 Å². The van der Waals surface area contributed by atoms with Crippen molar-refractivity contribution in [2.24, 2.45) is 0 Å². The Morgan fingerprint density at radius 3 is 2.28 bits per heavy atom. The Labute approximate surface area is 202 Å². The molecule has 3 N–H and O–H groups in total. The molecule has 3 aliphatic heterocycles. The summed E-state index contributed by atoms with van der Waals surface area (Å²) in [4.78, 5) is 25.1. The molecule has 0 radical (unpaired) electrons. The number of rotatable bonds is 7. The lowest BCUT2D eigenvalue weighted by Gasteiger charge is -2.50. The number of ether oxygens (including phenoxy) is 1. The Hall–Kier alpha value is -0.535. The smallest absolute Gasteiger partial charge is 0.407 e. The van der Waals surface area contributed by atoms with Crippen LogP contribution in [0.4, 0.5) is 4.79 Å². The summed E-state index contributed by atoms with van der Waals surface area (Å²) in [5.74, 6) is 1.14. The Kier molecular flexibility index (Phi) is 8.46. The minimum atomic E-state index is -1.10. The summed E-state index contributed by atoms with van der Waals surface area (Å²) < 4.78 is 11.8. The molecule has 3 aliphatic rings. The van der Waals surface area contributed by atoms with E-state index in [4.69, 9.17) is 9.39 Å². The van der Waals surface area contributed by atoms with E-state index >= 15 is 0 Å². The van der Waals surface area contributed by atoms with Crippen LogP contribution in [0.1, 0.15) is 92.9 Å². The molecule has 6 nitrogen and oxygen atoms in total. The second kappa shape index (κ2) is 10.4. The first-order valence-electron chi connectivity index (χ1n) is 12.4. The molecular formula is C23H43BN2O4S2. The van der Waals surface area contributed by atoms with E-state index in [1.165, 1.54) is 38.5 Å². The van der Waals surface area contributed by atoms with Gasteiger partial charge in [-0.1, -0.05) is 92.5 Å². The molecule has 0 aliphatic carbocycles. The van der Waals surface area contributed by atoms with Gasteiger partial charge in [0.1, 0.15) is 11.6 Å². The van der Waals surface area contributed by atoms with Crippen LogP contribution < -0.4 is 10.5 Å². The first kappa shape index (κ1) is 26.1. The maximum atomic E-state index is 13.0. The number of nitrogens with one attached hydrogen (secondary N) is 1. The van der Waals surface area contributed by atoms with E-state index in [2.05, 4.69) is 31.3 Å². The number of quaternary nitrogens is 1. The quantitative estimate of drug-likeness (QED) is 0.394. The van der Waals surface area contributed by atoms with Crippen molar-refractivity contribution in [2.45, 2.75) is 126 Å². The molecule has 1 amide bonds. The van der Waals surface area contributed by atoms with E-state index in [-0.39, 0.29) is 28.1 Å². The zero-order chi connectivity index (χ0) is 23.6. The van der Waals surface area contributed by atoms with Gasteiger partial charge >= 0.3 is 18.5 Å². The van der Waals surface area contributed by atoms with Crippen molar-refractivity contribution in [1.82, 2.24) is 5.32 Å². The van der Waals surface area contributed by atoms with E-state index in [9.17, 15) is 9.59 Å². The summed E-state index contributed by atoms with van der Waals surface area (Å²) in [7, 11) is 3.69. The van der Waals surface area contributed by atoms with E-state index in [0.717, 1.165) is 12.8 Å². The fourth-order valence-electron chi connectivity index (χ4n) is 5.80. The first-order valence-corrected chi connectivity index (χ1v) is 14.7. The van der Waals surface area contributed by atoms with Crippen LogP contribution in [0.15, 0.2) is 0 Å². The van der Waals surface area contributed by atoms with Gasteiger partial charge in [0.15, 0.2) is 0 Å². The van der Waals surface area contributed by atoms with Crippen molar-refractivity contribution in [2.75, 3.05) is 6.54 Å². The van der Waals surface area contributed by atoms with Gasteiger partial charge in [-0.15, -0.1) is 0 Å². The number of hydrogen-bond acceptors (Lipinski definition) is 6. The molecule has 2 atom stereocenters. The Balaban J connectivity index is 1.60. The summed E-state index contributed by atoms with van der Waals surface area (Å²) in [5, 5.41) is 5.52. The summed E-state index contributed by atoms with van der Waals surface area (Å²) in [6, 6.07) is -0.115. The van der Waals surface area contributed by atoms with Crippen LogP contribution in [0.3, 0.4) is 0 Å². The Bertz CT molecular complexity index is 658. The minimum absolute atomic E-state index is 0.00439. The molecule has 0 aromatic carbocycles. The van der Waals surface area contributed by atoms with E-state index in [0.29, 0.717) is 18.2 Å². The molecule has 2 bridgehead atoms. The fraction of sp³-hybridized carbons (Fsp3) is 0.913. The molecule has 2 unspecified atom stereocenters. The van der Waals surface area contributed by atoms with Gasteiger partial charge in [-0.05, 0) is 27.2 Å². The third-order valence-corrected chi connectivity index (χ3v) is 10.9. The highest BCUT2D eigenvalue weighted by atomic mass is 33.1. The van der Waals surface area contributed by atoms with Gasteiger partial charge in [-0.2, -0.15) is 0 Å². The predicted molar refractivity (Wildman–Crippen MR) is 135 cm³/mol. The monoisotopic (exact) mass is 486 g/mol. The topological polar surface area (TPSA) is 81.2 Å². The lowest BCUT2D eigenvalue weighted by atomic mass is 9.28. The van der Waals surface area contributed by atoms with Crippen molar-refractivity contribution in [1.29, 1.82) is 0 Å². The van der Waals surface area contributed by atoms with Crippen molar-refractivity contribution in [3.05, 3.63) is 0 Å². The van der Waals surface area contributed by atoms with Gasteiger partial charge in [-0.25, -0.2) is 4.79 Å². The van der Waals surface area contributed by atoms with Gasteiger partial charge in [0.05, 0.1) is 0 Å². The van der Waals surface area contributed by atoms with Gasteiger partial charge in [0.2, 0.25) is 0 Å². The van der Waals surface area contributed by atoms with Crippen LogP contribution >= 0.6 is 21.6 Å². The predicted octanol–water partition coefficient (Wildman–Crippen LogP) is 4.88. The lowest BCUT2D eigenvalue weighted by molar-refractivity contribution is -0.560. The highest BCUT2D eigenvalue weighted by Crippen LogP contribution is 2.51. The molecule has 1 spiro atoms. The number of amides is 1. The molecule has 0 saturated carbocycles. The zero-order valence-electron chi connectivity index (χ0n) is 20.8. The molecule has 3 rings (SSSR count). The number of carbonyl (C=O) groups is 2. The summed E-state index contributed by atoms with van der Waals surface area (Å²) in [6.07, 6.45) is 8.63. The van der Waals surface area contributed by atoms with Gasteiger partial charge < -0.3 is 19.9 Å². The minimum Gasteiger partial charge on any atom is -0.634 e. The van der Waals surface area contributed by atoms with Crippen LogP contribution in [0.25, 0.3) is 0 Å². The molecule has 0 aromatic rings. The standard InChI is InChI=1S/C23H43BN2O4S2/c1-22(2,3)29-21(28)25-14-13-18(31-32-23(4,5)6)15-19-20(27)30-24(26-19)16-9-7-10-17(24)12-8-11-16/h16-19H,7-15,26H2,1-6H3,(H,25,28). The van der Waals surface area contributed by atoms with Crippen LogP contribution in [0.2, 0.25) is 11.6 Å². The van der Waals surface area contributed by atoms with Crippen molar-refractivity contribution in [3.63, 3.8) is 0 Å². The van der Waals surface area contributed by atoms with Crippen molar-refractivity contribution in [3.8, 4) is 0 Å². The average Bonchev–Trinajstić information content (AvgIpc) is 2.93. The van der Waals surface area contributed by atoms with Gasteiger partial charge in [0, 0.05) is 23.0 Å². The third-order valence-electron chi connectivity index (χ3n) is 7.01. The summed E-state index contributed by atoms with van der Waals surface area (Å²) >= 11 is 0. The van der Waals surface area contributed by atoms with Gasteiger partial charge in [-0.3, -0.25) is 4.79 Å².